The maximum Gasteiger partial charge on any atom is 0.273 e. The molecule has 1 aromatic carbocycles. The molecule has 2 aliphatic rings. The molecule has 0 unspecified atom stereocenters. The number of carbonyl (C=O) groups excluding carboxylic acids is 2. The van der Waals surface area contributed by atoms with Crippen LogP contribution in [0.3, 0.4) is 0 Å². The summed E-state index contributed by atoms with van der Waals surface area (Å²) in [5, 5.41) is 9.94. The highest BCUT2D eigenvalue weighted by Gasteiger charge is 2.48. The van der Waals surface area contributed by atoms with Gasteiger partial charge in [-0.1, -0.05) is 48.7 Å². The van der Waals surface area contributed by atoms with Crippen molar-refractivity contribution in [1.82, 2.24) is 20.0 Å². The van der Waals surface area contributed by atoms with E-state index in [-0.39, 0.29) is 17.9 Å². The van der Waals surface area contributed by atoms with E-state index in [0.717, 1.165) is 47.4 Å². The smallest absolute Gasteiger partial charge is 0.273 e. The van der Waals surface area contributed by atoms with Crippen molar-refractivity contribution in [2.45, 2.75) is 64.2 Å². The van der Waals surface area contributed by atoms with Gasteiger partial charge in [-0.05, 0) is 49.8 Å². The van der Waals surface area contributed by atoms with E-state index in [1.807, 2.05) is 55.6 Å². The van der Waals surface area contributed by atoms with Gasteiger partial charge in [0.2, 0.25) is 5.91 Å². The van der Waals surface area contributed by atoms with Crippen LogP contribution < -0.4 is 5.32 Å². The standard InChI is InChI=1S/C25H28N4O2S/c1-17-7-5-8-18(13-17)15-28-23(30)21-14-20(22-11-6-12-32-22)27-29(21)16-25(28,2)24(31)26-19-9-3-4-10-19/h5-8,11-14,19H,3-4,9-10,15-16H2,1-2H3,(H,26,31)/t25-/m1/s1. The molecule has 1 fully saturated rings. The third-order valence-electron chi connectivity index (χ3n) is 6.67. The molecular formula is C25H28N4O2S. The lowest BCUT2D eigenvalue weighted by molar-refractivity contribution is -0.134. The number of carbonyl (C=O) groups is 2. The molecule has 5 rings (SSSR count). The molecular weight excluding hydrogens is 420 g/mol. The van der Waals surface area contributed by atoms with Gasteiger partial charge in [-0.2, -0.15) is 5.10 Å². The zero-order chi connectivity index (χ0) is 22.3. The van der Waals surface area contributed by atoms with Gasteiger partial charge in [0.25, 0.3) is 5.91 Å². The molecule has 1 aliphatic carbocycles. The van der Waals surface area contributed by atoms with Crippen LogP contribution >= 0.6 is 11.3 Å². The van der Waals surface area contributed by atoms with Crippen LogP contribution in [0.5, 0.6) is 0 Å². The lowest BCUT2D eigenvalue weighted by Crippen LogP contribution is -2.64. The fourth-order valence-corrected chi connectivity index (χ4v) is 5.52. The number of nitrogens with one attached hydrogen (secondary N) is 1. The fourth-order valence-electron chi connectivity index (χ4n) is 4.84. The average Bonchev–Trinajstić information content (AvgIpc) is 3.52. The topological polar surface area (TPSA) is 67.2 Å². The van der Waals surface area contributed by atoms with Crippen molar-refractivity contribution in [3.05, 3.63) is 64.7 Å². The first-order chi connectivity index (χ1) is 15.4. The van der Waals surface area contributed by atoms with Crippen molar-refractivity contribution < 1.29 is 9.59 Å². The molecule has 2 amide bonds. The Labute approximate surface area is 192 Å². The molecule has 7 heteroatoms. The van der Waals surface area contributed by atoms with Gasteiger partial charge in [0.05, 0.1) is 11.4 Å². The van der Waals surface area contributed by atoms with E-state index >= 15 is 0 Å². The summed E-state index contributed by atoms with van der Waals surface area (Å²) in [6.07, 6.45) is 4.29. The summed E-state index contributed by atoms with van der Waals surface area (Å²) in [5.74, 6) is -0.249. The number of amides is 2. The molecule has 3 heterocycles. The fraction of sp³-hybridized carbons (Fsp3) is 0.400. The minimum atomic E-state index is -1.02. The highest BCUT2D eigenvalue weighted by Crippen LogP contribution is 2.33. The second-order valence-electron chi connectivity index (χ2n) is 9.16. The number of rotatable bonds is 5. The van der Waals surface area contributed by atoms with Gasteiger partial charge < -0.3 is 10.2 Å². The summed E-state index contributed by atoms with van der Waals surface area (Å²) in [6, 6.07) is 14.1. The Morgan fingerprint density at radius 3 is 2.75 bits per heavy atom. The summed E-state index contributed by atoms with van der Waals surface area (Å²) in [4.78, 5) is 30.1. The second kappa shape index (κ2) is 8.20. The quantitative estimate of drug-likeness (QED) is 0.629. The van der Waals surface area contributed by atoms with Gasteiger partial charge in [0.1, 0.15) is 16.9 Å². The summed E-state index contributed by atoms with van der Waals surface area (Å²) in [5.41, 5.74) is 2.44. The Morgan fingerprint density at radius 2 is 2.03 bits per heavy atom. The van der Waals surface area contributed by atoms with E-state index in [4.69, 9.17) is 5.10 Å². The highest BCUT2D eigenvalue weighted by molar-refractivity contribution is 7.13. The number of nitrogens with zero attached hydrogens (tertiary/aromatic N) is 3. The van der Waals surface area contributed by atoms with Crippen molar-refractivity contribution >= 4 is 23.2 Å². The van der Waals surface area contributed by atoms with E-state index in [1.165, 1.54) is 0 Å². The van der Waals surface area contributed by atoms with Crippen LogP contribution in [0.15, 0.2) is 47.8 Å². The predicted octanol–water partition coefficient (Wildman–Crippen LogP) is 4.39. The molecule has 0 radical (unpaired) electrons. The molecule has 166 valence electrons. The van der Waals surface area contributed by atoms with Gasteiger partial charge in [0, 0.05) is 12.6 Å². The summed E-state index contributed by atoms with van der Waals surface area (Å²) in [7, 11) is 0. The first kappa shape index (κ1) is 20.9. The molecule has 1 saturated carbocycles. The van der Waals surface area contributed by atoms with Crippen molar-refractivity contribution in [1.29, 1.82) is 0 Å². The molecule has 2 aromatic heterocycles. The number of benzene rings is 1. The molecule has 1 aliphatic heterocycles. The third kappa shape index (κ3) is 3.75. The zero-order valence-electron chi connectivity index (χ0n) is 18.5. The lowest BCUT2D eigenvalue weighted by Gasteiger charge is -2.43. The normalized spacial score (nSPS) is 21.1. The van der Waals surface area contributed by atoms with Crippen LogP contribution in [0.25, 0.3) is 10.6 Å². The van der Waals surface area contributed by atoms with Crippen LogP contribution in [0.1, 0.15) is 54.2 Å². The van der Waals surface area contributed by atoms with Gasteiger partial charge in [-0.15, -0.1) is 11.3 Å². The van der Waals surface area contributed by atoms with Crippen molar-refractivity contribution in [3.8, 4) is 10.6 Å². The largest absolute Gasteiger partial charge is 0.351 e. The molecule has 0 saturated heterocycles. The lowest BCUT2D eigenvalue weighted by atomic mass is 9.93. The second-order valence-corrected chi connectivity index (χ2v) is 10.1. The Bertz CT molecular complexity index is 1150. The van der Waals surface area contributed by atoms with E-state index in [9.17, 15) is 9.59 Å². The van der Waals surface area contributed by atoms with E-state index in [0.29, 0.717) is 18.8 Å². The monoisotopic (exact) mass is 448 g/mol. The molecule has 6 nitrogen and oxygen atoms in total. The molecule has 32 heavy (non-hydrogen) atoms. The predicted molar refractivity (Wildman–Crippen MR) is 125 cm³/mol. The molecule has 0 spiro atoms. The average molecular weight is 449 g/mol. The zero-order valence-corrected chi connectivity index (χ0v) is 19.3. The number of aryl methyl sites for hydroxylation is 1. The van der Waals surface area contributed by atoms with Crippen LogP contribution in [0, 0.1) is 6.92 Å². The maximum atomic E-state index is 13.7. The van der Waals surface area contributed by atoms with Gasteiger partial charge in [0.15, 0.2) is 0 Å². The summed E-state index contributed by atoms with van der Waals surface area (Å²) < 4.78 is 1.72. The van der Waals surface area contributed by atoms with Crippen LogP contribution in [-0.2, 0) is 17.9 Å². The molecule has 1 N–H and O–H groups in total. The third-order valence-corrected chi connectivity index (χ3v) is 7.57. The van der Waals surface area contributed by atoms with Gasteiger partial charge >= 0.3 is 0 Å². The first-order valence-corrected chi connectivity index (χ1v) is 12.1. The Hall–Kier alpha value is -2.93. The minimum Gasteiger partial charge on any atom is -0.351 e. The minimum absolute atomic E-state index is 0.0933. The number of fused-ring (bicyclic) bond motifs is 1. The number of aromatic nitrogens is 2. The van der Waals surface area contributed by atoms with E-state index in [1.54, 1.807) is 20.9 Å². The molecule has 3 aromatic rings. The van der Waals surface area contributed by atoms with Crippen molar-refractivity contribution in [2.75, 3.05) is 0 Å². The molecule has 0 bridgehead atoms. The van der Waals surface area contributed by atoms with Crippen LogP contribution in [0.2, 0.25) is 0 Å². The first-order valence-electron chi connectivity index (χ1n) is 11.2. The van der Waals surface area contributed by atoms with E-state index < -0.39 is 5.54 Å². The van der Waals surface area contributed by atoms with Crippen molar-refractivity contribution in [2.24, 2.45) is 0 Å². The number of thiophene rings is 1. The number of hydrogen-bond acceptors (Lipinski definition) is 4. The van der Waals surface area contributed by atoms with Crippen molar-refractivity contribution in [3.63, 3.8) is 0 Å². The number of hydrogen-bond donors (Lipinski definition) is 1. The maximum absolute atomic E-state index is 13.7. The Morgan fingerprint density at radius 1 is 1.22 bits per heavy atom. The molecule has 1 atom stereocenters. The highest BCUT2D eigenvalue weighted by atomic mass is 32.1. The van der Waals surface area contributed by atoms with Gasteiger partial charge in [-0.3, -0.25) is 14.3 Å². The Balaban J connectivity index is 1.52. The summed E-state index contributed by atoms with van der Waals surface area (Å²) >= 11 is 1.59. The Kier molecular flexibility index (Phi) is 5.37. The van der Waals surface area contributed by atoms with E-state index in [2.05, 4.69) is 11.4 Å². The van der Waals surface area contributed by atoms with Crippen LogP contribution in [-0.4, -0.2) is 38.1 Å². The van der Waals surface area contributed by atoms with Gasteiger partial charge in [-0.25, -0.2) is 0 Å². The SMILES string of the molecule is Cc1cccc(CN2C(=O)c3cc(-c4cccs4)nn3C[C@]2(C)C(=O)NC2CCCC2)c1. The van der Waals surface area contributed by atoms with Crippen LogP contribution in [0.4, 0.5) is 0 Å². The summed E-state index contributed by atoms with van der Waals surface area (Å²) in [6.45, 7) is 4.63.